The van der Waals surface area contributed by atoms with E-state index in [-0.39, 0.29) is 0 Å². The van der Waals surface area contributed by atoms with Gasteiger partial charge < -0.3 is 0 Å². The molecular weight excluding hydrogens is 288 g/mol. The van der Waals surface area contributed by atoms with E-state index < -0.39 is 0 Å². The van der Waals surface area contributed by atoms with Crippen LogP contribution in [0.25, 0.3) is 0 Å². The summed E-state index contributed by atoms with van der Waals surface area (Å²) in [6.07, 6.45) is 16.5. The van der Waals surface area contributed by atoms with Gasteiger partial charge >= 0.3 is 0 Å². The number of hydrogen-bond acceptors (Lipinski definition) is 0. The van der Waals surface area contributed by atoms with Crippen molar-refractivity contribution in [2.45, 2.75) is 97.8 Å². The van der Waals surface area contributed by atoms with Crippen LogP contribution in [-0.2, 0) is 0 Å². The van der Waals surface area contributed by atoms with Crippen LogP contribution in [0.1, 0.15) is 97.8 Å². The third kappa shape index (κ3) is 4.36. The molecule has 0 aromatic rings. The third-order valence-corrected chi connectivity index (χ3v) is 7.91. The molecule has 3 saturated carbocycles. The van der Waals surface area contributed by atoms with Crippen molar-refractivity contribution in [3.63, 3.8) is 0 Å². The summed E-state index contributed by atoms with van der Waals surface area (Å²) in [7, 11) is 0. The van der Waals surface area contributed by atoms with Crippen molar-refractivity contribution < 1.29 is 0 Å². The van der Waals surface area contributed by atoms with E-state index in [9.17, 15) is 0 Å². The molecule has 0 amide bonds. The van der Waals surface area contributed by atoms with Crippen molar-refractivity contribution in [1.82, 2.24) is 0 Å². The number of hydrogen-bond donors (Lipinski definition) is 0. The summed E-state index contributed by atoms with van der Waals surface area (Å²) >= 11 is 0. The van der Waals surface area contributed by atoms with Gasteiger partial charge in [-0.2, -0.15) is 0 Å². The topological polar surface area (TPSA) is 0 Å². The molecule has 3 aliphatic carbocycles. The zero-order valence-electron chi connectivity index (χ0n) is 16.6. The van der Waals surface area contributed by atoms with E-state index in [0.717, 1.165) is 23.2 Å². The highest BCUT2D eigenvalue weighted by atomic mass is 14.6. The molecule has 0 aromatic carbocycles. The molecule has 0 saturated heterocycles. The van der Waals surface area contributed by atoms with Crippen LogP contribution < -0.4 is 0 Å². The maximum atomic E-state index is 4.45. The van der Waals surface area contributed by atoms with Gasteiger partial charge in [-0.1, -0.05) is 45.1 Å². The van der Waals surface area contributed by atoms with Gasteiger partial charge in [0, 0.05) is 0 Å². The predicted octanol–water partition coefficient (Wildman–Crippen LogP) is 7.70. The van der Waals surface area contributed by atoms with Gasteiger partial charge in [-0.3, -0.25) is 0 Å². The predicted molar refractivity (Wildman–Crippen MR) is 106 cm³/mol. The summed E-state index contributed by atoms with van der Waals surface area (Å²) in [6.45, 7) is 16.2. The number of fused-ring (bicyclic) bond motifs is 1. The van der Waals surface area contributed by atoms with Crippen LogP contribution in [0.5, 0.6) is 0 Å². The van der Waals surface area contributed by atoms with E-state index in [4.69, 9.17) is 0 Å². The van der Waals surface area contributed by atoms with Crippen LogP contribution in [-0.4, -0.2) is 0 Å². The monoisotopic (exact) mass is 328 g/mol. The fraction of sp³-hybridized carbons (Fsp3) is 0.833. The number of rotatable bonds is 7. The SMILES string of the molecule is C=C(CCCCC(=C)C1CCC2(C)CC2C1)C1CCC(C)(C)CC1. The van der Waals surface area contributed by atoms with Crippen LogP contribution in [0.15, 0.2) is 24.3 Å². The highest BCUT2D eigenvalue weighted by Crippen LogP contribution is 2.63. The minimum Gasteiger partial charge on any atom is -0.0996 e. The van der Waals surface area contributed by atoms with Gasteiger partial charge in [0.25, 0.3) is 0 Å². The lowest BCUT2D eigenvalue weighted by Gasteiger charge is -2.35. The quantitative estimate of drug-likeness (QED) is 0.332. The maximum absolute atomic E-state index is 4.45. The molecule has 24 heavy (non-hydrogen) atoms. The Morgan fingerprint density at radius 2 is 1.38 bits per heavy atom. The van der Waals surface area contributed by atoms with E-state index in [1.807, 2.05) is 0 Å². The summed E-state index contributed by atoms with van der Waals surface area (Å²) in [4.78, 5) is 0. The standard InChI is InChI=1S/C24H40/c1-18(20-10-13-23(3,4)14-11-20)8-6-7-9-19(2)21-12-15-24(5)17-22(24)16-21/h20-22H,1-2,6-17H2,3-5H3. The minimum absolute atomic E-state index is 0.576. The molecule has 0 heteroatoms. The Morgan fingerprint density at radius 3 is 1.96 bits per heavy atom. The molecule has 136 valence electrons. The van der Waals surface area contributed by atoms with E-state index in [0.29, 0.717) is 5.41 Å². The molecule has 0 radical (unpaired) electrons. The van der Waals surface area contributed by atoms with Gasteiger partial charge in [0.2, 0.25) is 0 Å². The largest absolute Gasteiger partial charge is 0.0996 e. The van der Waals surface area contributed by atoms with E-state index in [2.05, 4.69) is 33.9 Å². The second-order valence-electron chi connectivity index (χ2n) is 10.5. The van der Waals surface area contributed by atoms with Crippen molar-refractivity contribution in [3.05, 3.63) is 24.3 Å². The molecule has 0 aliphatic heterocycles. The number of unbranched alkanes of at least 4 members (excludes halogenated alkanes) is 1. The smallest absolute Gasteiger partial charge is 0.0203 e. The molecule has 0 nitrogen and oxygen atoms in total. The molecule has 3 fully saturated rings. The second-order valence-corrected chi connectivity index (χ2v) is 10.5. The summed E-state index contributed by atoms with van der Waals surface area (Å²) in [5, 5.41) is 0. The van der Waals surface area contributed by atoms with Gasteiger partial charge in [-0.15, -0.1) is 0 Å². The highest BCUT2D eigenvalue weighted by Gasteiger charge is 2.52. The summed E-state index contributed by atoms with van der Waals surface area (Å²) in [5.74, 6) is 2.68. The molecule has 3 unspecified atom stereocenters. The maximum Gasteiger partial charge on any atom is -0.0203 e. The Balaban J connectivity index is 1.29. The van der Waals surface area contributed by atoms with Crippen molar-refractivity contribution in [2.75, 3.05) is 0 Å². The first-order chi connectivity index (χ1) is 11.3. The molecule has 0 bridgehead atoms. The van der Waals surface area contributed by atoms with Crippen LogP contribution in [0.3, 0.4) is 0 Å². The Morgan fingerprint density at radius 1 is 0.833 bits per heavy atom. The zero-order valence-corrected chi connectivity index (χ0v) is 16.6. The summed E-state index contributed by atoms with van der Waals surface area (Å²) < 4.78 is 0. The average molecular weight is 329 g/mol. The highest BCUT2D eigenvalue weighted by molar-refractivity contribution is 5.11. The molecule has 0 N–H and O–H groups in total. The van der Waals surface area contributed by atoms with E-state index in [1.165, 1.54) is 77.0 Å². The zero-order chi connectivity index (χ0) is 17.4. The van der Waals surface area contributed by atoms with Crippen molar-refractivity contribution in [2.24, 2.45) is 28.6 Å². The van der Waals surface area contributed by atoms with Crippen LogP contribution in [0.2, 0.25) is 0 Å². The van der Waals surface area contributed by atoms with Gasteiger partial charge in [0.05, 0.1) is 0 Å². The first-order valence-corrected chi connectivity index (χ1v) is 10.6. The minimum atomic E-state index is 0.576. The van der Waals surface area contributed by atoms with E-state index in [1.54, 1.807) is 11.1 Å². The Hall–Kier alpha value is -0.520. The fourth-order valence-corrected chi connectivity index (χ4v) is 5.43. The van der Waals surface area contributed by atoms with Gasteiger partial charge in [0.15, 0.2) is 0 Å². The second kappa shape index (κ2) is 7.00. The molecule has 3 rings (SSSR count). The lowest BCUT2D eigenvalue weighted by molar-refractivity contribution is 0.206. The van der Waals surface area contributed by atoms with Crippen LogP contribution in [0, 0.1) is 28.6 Å². The van der Waals surface area contributed by atoms with E-state index >= 15 is 0 Å². The first kappa shape index (κ1) is 18.3. The first-order valence-electron chi connectivity index (χ1n) is 10.6. The molecule has 0 spiro atoms. The molecule has 3 aliphatic rings. The van der Waals surface area contributed by atoms with Gasteiger partial charge in [-0.25, -0.2) is 0 Å². The Kier molecular flexibility index (Phi) is 5.33. The van der Waals surface area contributed by atoms with Gasteiger partial charge in [-0.05, 0) is 106 Å². The average Bonchev–Trinajstić information content (AvgIpc) is 3.21. The lowest BCUT2D eigenvalue weighted by Crippen LogP contribution is -2.22. The van der Waals surface area contributed by atoms with Crippen molar-refractivity contribution in [1.29, 1.82) is 0 Å². The molecule has 0 heterocycles. The summed E-state index contributed by atoms with van der Waals surface area (Å²) in [5.41, 5.74) is 4.42. The fourth-order valence-electron chi connectivity index (χ4n) is 5.43. The van der Waals surface area contributed by atoms with Crippen LogP contribution in [0.4, 0.5) is 0 Å². The van der Waals surface area contributed by atoms with Gasteiger partial charge in [0.1, 0.15) is 0 Å². The molecule has 3 atom stereocenters. The van der Waals surface area contributed by atoms with Crippen molar-refractivity contribution >= 4 is 0 Å². The Labute approximate surface area is 151 Å². The molecular formula is C24H40. The van der Waals surface area contributed by atoms with Crippen LogP contribution >= 0.6 is 0 Å². The molecule has 0 aromatic heterocycles. The summed E-state index contributed by atoms with van der Waals surface area (Å²) in [6, 6.07) is 0. The van der Waals surface area contributed by atoms with Crippen molar-refractivity contribution in [3.8, 4) is 0 Å². The number of allylic oxidation sites excluding steroid dienone is 2. The third-order valence-electron chi connectivity index (χ3n) is 7.91. The normalized spacial score (nSPS) is 35.3. The Bertz CT molecular complexity index is 472. The lowest BCUT2D eigenvalue weighted by atomic mass is 9.71.